The van der Waals surface area contributed by atoms with Gasteiger partial charge in [0.15, 0.2) is 16.4 Å². The summed E-state index contributed by atoms with van der Waals surface area (Å²) in [6, 6.07) is 10.7. The van der Waals surface area contributed by atoms with E-state index >= 15 is 0 Å². The minimum atomic E-state index is -4.05. The number of carbonyl (C=O) groups is 1. The van der Waals surface area contributed by atoms with E-state index in [9.17, 15) is 13.2 Å². The molecule has 1 N–H and O–H groups in total. The minimum Gasteiger partial charge on any atom is -0.493 e. The van der Waals surface area contributed by atoms with Crippen LogP contribution in [-0.4, -0.2) is 35.1 Å². The normalized spacial score (nSPS) is 14.9. The van der Waals surface area contributed by atoms with Gasteiger partial charge in [-0.3, -0.25) is 9.10 Å². The van der Waals surface area contributed by atoms with Gasteiger partial charge in [-0.05, 0) is 49.6 Å². The number of nitrogens with zero attached hydrogens (tertiary/aromatic N) is 1. The fourth-order valence-electron chi connectivity index (χ4n) is 3.57. The fraction of sp³-hybridized carbons (Fsp3) is 0.318. The zero-order valence-electron chi connectivity index (χ0n) is 17.8. The van der Waals surface area contributed by atoms with Crippen molar-refractivity contribution in [2.75, 3.05) is 30.4 Å². The lowest BCUT2D eigenvalue weighted by Gasteiger charge is -2.32. The Kier molecular flexibility index (Phi) is 6.07. The fourth-order valence-corrected chi connectivity index (χ4v) is 5.32. The van der Waals surface area contributed by atoms with Crippen molar-refractivity contribution in [3.63, 3.8) is 0 Å². The summed E-state index contributed by atoms with van der Waals surface area (Å²) >= 11 is 0. The van der Waals surface area contributed by atoms with Gasteiger partial charge in [-0.2, -0.15) is 0 Å². The number of methoxy groups -OCH3 is 2. The number of anilines is 2. The molecule has 8 heteroatoms. The Balaban J connectivity index is 2.13. The third kappa shape index (κ3) is 3.63. The molecule has 0 radical (unpaired) electrons. The summed E-state index contributed by atoms with van der Waals surface area (Å²) in [5.74, 6) is 0.207. The van der Waals surface area contributed by atoms with Crippen molar-refractivity contribution in [3.05, 3.63) is 52.4 Å². The molecule has 1 aliphatic rings. The molecule has 160 valence electrons. The third-order valence-corrected chi connectivity index (χ3v) is 7.22. The molecule has 2 aromatic rings. The average Bonchev–Trinajstić information content (AvgIpc) is 2.73. The Hall–Kier alpha value is -3.00. The molecular formula is C22H26N2O5S. The molecule has 0 bridgehead atoms. The van der Waals surface area contributed by atoms with Crippen molar-refractivity contribution >= 4 is 32.9 Å². The Labute approximate surface area is 177 Å². The molecule has 30 heavy (non-hydrogen) atoms. The summed E-state index contributed by atoms with van der Waals surface area (Å²) in [5.41, 5.74) is 3.08. The van der Waals surface area contributed by atoms with E-state index < -0.39 is 15.9 Å². The third-order valence-electron chi connectivity index (χ3n) is 5.18. The summed E-state index contributed by atoms with van der Waals surface area (Å²) in [6.07, 6.45) is 0.875. The van der Waals surface area contributed by atoms with Crippen LogP contribution in [-0.2, 0) is 21.2 Å². The SMILES string of the molecule is CCc1ccc(NC(=O)C2=C(C)c3cc(OC)c(OC)cc3N(CC)S2(=O)=O)cc1. The quantitative estimate of drug-likeness (QED) is 0.753. The highest BCUT2D eigenvalue weighted by molar-refractivity contribution is 7.97. The molecule has 0 atom stereocenters. The number of amides is 1. The van der Waals surface area contributed by atoms with E-state index in [0.717, 1.165) is 12.0 Å². The van der Waals surface area contributed by atoms with Gasteiger partial charge in [0, 0.05) is 23.9 Å². The average molecular weight is 431 g/mol. The lowest BCUT2D eigenvalue weighted by Crippen LogP contribution is -2.39. The molecule has 7 nitrogen and oxygen atoms in total. The van der Waals surface area contributed by atoms with Gasteiger partial charge >= 0.3 is 0 Å². The first-order valence-corrected chi connectivity index (χ1v) is 11.1. The molecule has 3 rings (SSSR count). The number of fused-ring (bicyclic) bond motifs is 1. The molecule has 0 unspecified atom stereocenters. The highest BCUT2D eigenvalue weighted by Gasteiger charge is 2.39. The van der Waals surface area contributed by atoms with Gasteiger partial charge < -0.3 is 14.8 Å². The van der Waals surface area contributed by atoms with Crippen LogP contribution in [0.3, 0.4) is 0 Å². The number of hydrogen-bond donors (Lipinski definition) is 1. The molecular weight excluding hydrogens is 404 g/mol. The first-order valence-electron chi connectivity index (χ1n) is 9.68. The van der Waals surface area contributed by atoms with Crippen molar-refractivity contribution in [3.8, 4) is 11.5 Å². The van der Waals surface area contributed by atoms with Gasteiger partial charge in [-0.1, -0.05) is 19.1 Å². The van der Waals surface area contributed by atoms with Crippen molar-refractivity contribution < 1.29 is 22.7 Å². The van der Waals surface area contributed by atoms with Crippen molar-refractivity contribution in [1.29, 1.82) is 0 Å². The molecule has 1 amide bonds. The van der Waals surface area contributed by atoms with E-state index in [1.807, 2.05) is 19.1 Å². The van der Waals surface area contributed by atoms with Gasteiger partial charge in [0.05, 0.1) is 19.9 Å². The van der Waals surface area contributed by atoms with Gasteiger partial charge in [0.1, 0.15) is 0 Å². The topological polar surface area (TPSA) is 84.9 Å². The minimum absolute atomic E-state index is 0.167. The number of ether oxygens (including phenoxy) is 2. The number of rotatable bonds is 6. The van der Waals surface area contributed by atoms with Gasteiger partial charge in [0.25, 0.3) is 15.9 Å². The summed E-state index contributed by atoms with van der Waals surface area (Å²) < 4.78 is 38.6. The Morgan fingerprint density at radius 2 is 1.63 bits per heavy atom. The molecule has 1 heterocycles. The highest BCUT2D eigenvalue weighted by Crippen LogP contribution is 2.44. The number of aryl methyl sites for hydroxylation is 1. The molecule has 0 spiro atoms. The van der Waals surface area contributed by atoms with E-state index in [-0.39, 0.29) is 11.4 Å². The summed E-state index contributed by atoms with van der Waals surface area (Å²) in [4.78, 5) is 12.8. The molecule has 1 aliphatic heterocycles. The number of sulfonamides is 1. The number of allylic oxidation sites excluding steroid dienone is 1. The van der Waals surface area contributed by atoms with Crippen molar-refractivity contribution in [1.82, 2.24) is 0 Å². The van der Waals surface area contributed by atoms with Gasteiger partial charge in [-0.15, -0.1) is 0 Å². The second kappa shape index (κ2) is 8.39. The first kappa shape index (κ1) is 21.7. The lowest BCUT2D eigenvalue weighted by molar-refractivity contribution is -0.112. The molecule has 0 fully saturated rings. The van der Waals surface area contributed by atoms with E-state index in [0.29, 0.717) is 34.0 Å². The maximum atomic E-state index is 13.3. The number of carbonyl (C=O) groups excluding carboxylic acids is 1. The second-order valence-electron chi connectivity index (χ2n) is 6.85. The maximum Gasteiger partial charge on any atom is 0.270 e. The van der Waals surface area contributed by atoms with Crippen LogP contribution in [0.2, 0.25) is 0 Å². The van der Waals surface area contributed by atoms with Crippen LogP contribution in [0.15, 0.2) is 41.3 Å². The van der Waals surface area contributed by atoms with Gasteiger partial charge in [-0.25, -0.2) is 8.42 Å². The van der Waals surface area contributed by atoms with Crippen molar-refractivity contribution in [2.24, 2.45) is 0 Å². The van der Waals surface area contributed by atoms with Gasteiger partial charge in [0.2, 0.25) is 0 Å². The zero-order chi connectivity index (χ0) is 22.1. The van der Waals surface area contributed by atoms with E-state index in [2.05, 4.69) is 5.32 Å². The van der Waals surface area contributed by atoms with Crippen LogP contribution in [0.4, 0.5) is 11.4 Å². The monoisotopic (exact) mass is 430 g/mol. The molecule has 0 saturated heterocycles. The smallest absolute Gasteiger partial charge is 0.270 e. The predicted octanol–water partition coefficient (Wildman–Crippen LogP) is 3.81. The zero-order valence-corrected chi connectivity index (χ0v) is 18.6. The van der Waals surface area contributed by atoms with Crippen LogP contribution in [0.5, 0.6) is 11.5 Å². The van der Waals surface area contributed by atoms with Crippen LogP contribution < -0.4 is 19.1 Å². The van der Waals surface area contributed by atoms with E-state index in [1.54, 1.807) is 38.1 Å². The maximum absolute atomic E-state index is 13.3. The molecule has 0 saturated carbocycles. The molecule has 0 aliphatic carbocycles. The summed E-state index contributed by atoms with van der Waals surface area (Å²) in [6.45, 7) is 5.55. The Morgan fingerprint density at radius 3 is 2.17 bits per heavy atom. The van der Waals surface area contributed by atoms with Crippen molar-refractivity contribution in [2.45, 2.75) is 27.2 Å². The predicted molar refractivity (Wildman–Crippen MR) is 119 cm³/mol. The number of hydrogen-bond acceptors (Lipinski definition) is 5. The van der Waals surface area contributed by atoms with Crippen LogP contribution in [0, 0.1) is 0 Å². The first-order chi connectivity index (χ1) is 14.3. The van der Waals surface area contributed by atoms with E-state index in [4.69, 9.17) is 9.47 Å². The summed E-state index contributed by atoms with van der Waals surface area (Å²) in [7, 11) is -1.05. The number of nitrogens with one attached hydrogen (secondary N) is 1. The highest BCUT2D eigenvalue weighted by atomic mass is 32.2. The van der Waals surface area contributed by atoms with Crippen LogP contribution in [0.25, 0.3) is 5.57 Å². The number of benzene rings is 2. The lowest BCUT2D eigenvalue weighted by atomic mass is 10.0. The largest absolute Gasteiger partial charge is 0.493 e. The Bertz CT molecular complexity index is 1110. The molecule has 0 aromatic heterocycles. The van der Waals surface area contributed by atoms with Crippen LogP contribution >= 0.6 is 0 Å². The van der Waals surface area contributed by atoms with E-state index in [1.165, 1.54) is 18.5 Å². The summed E-state index contributed by atoms with van der Waals surface area (Å²) in [5, 5.41) is 2.72. The standard InChI is InChI=1S/C22H26N2O5S/c1-6-15-8-10-16(11-9-15)23-22(25)21-14(3)17-12-19(28-4)20(29-5)13-18(17)24(7-2)30(21,26)27/h8-13H,6-7H2,1-5H3,(H,23,25). The Morgan fingerprint density at radius 1 is 1.03 bits per heavy atom. The second-order valence-corrected chi connectivity index (χ2v) is 8.65. The van der Waals surface area contributed by atoms with Crippen LogP contribution in [0.1, 0.15) is 31.9 Å². The molecule has 2 aromatic carbocycles.